The van der Waals surface area contributed by atoms with Crippen LogP contribution in [0, 0.1) is 5.92 Å². The Bertz CT molecular complexity index is 1370. The minimum Gasteiger partial charge on any atom is -0.266 e. The molecule has 2 heterocycles. The van der Waals surface area contributed by atoms with E-state index in [-0.39, 0.29) is 23.8 Å². The Morgan fingerprint density at radius 1 is 0.743 bits per heavy atom. The van der Waals surface area contributed by atoms with Crippen molar-refractivity contribution in [2.45, 2.75) is 38.2 Å². The summed E-state index contributed by atoms with van der Waals surface area (Å²) < 4.78 is 0. The Morgan fingerprint density at radius 3 is 2.11 bits per heavy atom. The second kappa shape index (κ2) is 9.08. The van der Waals surface area contributed by atoms with Crippen LogP contribution < -0.4 is 0 Å². The van der Waals surface area contributed by atoms with E-state index in [1.54, 1.807) is 24.3 Å². The first kappa shape index (κ1) is 21.7. The van der Waals surface area contributed by atoms with Crippen molar-refractivity contribution in [2.75, 3.05) is 0 Å². The summed E-state index contributed by atoms with van der Waals surface area (Å²) in [7, 11) is 0. The van der Waals surface area contributed by atoms with E-state index >= 15 is 0 Å². The van der Waals surface area contributed by atoms with E-state index in [1.807, 2.05) is 48.5 Å². The molecule has 1 fully saturated rings. The molecule has 1 atom stereocenters. The molecule has 1 aliphatic heterocycles. The van der Waals surface area contributed by atoms with Crippen LogP contribution in [0.5, 0.6) is 0 Å². The van der Waals surface area contributed by atoms with Crippen molar-refractivity contribution >= 4 is 22.7 Å². The van der Waals surface area contributed by atoms with E-state index in [4.69, 9.17) is 9.82 Å². The maximum Gasteiger partial charge on any atom is 0.285 e. The summed E-state index contributed by atoms with van der Waals surface area (Å²) in [5.41, 5.74) is 4.66. The first-order chi connectivity index (χ1) is 17.2. The monoisotopic (exact) mass is 462 g/mol. The van der Waals surface area contributed by atoms with Gasteiger partial charge in [-0.1, -0.05) is 79.9 Å². The third-order valence-corrected chi connectivity index (χ3v) is 7.19. The topological polar surface area (TPSA) is 59.5 Å². The molecule has 0 radical (unpaired) electrons. The van der Waals surface area contributed by atoms with Gasteiger partial charge in [-0.3, -0.25) is 14.4 Å². The lowest BCUT2D eigenvalue weighted by atomic mass is 9.82. The molecule has 0 saturated heterocycles. The van der Waals surface area contributed by atoms with Crippen molar-refractivity contribution in [3.63, 3.8) is 0 Å². The molecule has 0 N–H and O–H groups in total. The van der Waals surface area contributed by atoms with Gasteiger partial charge in [-0.05, 0) is 48.6 Å². The minimum absolute atomic E-state index is 0.248. The predicted octanol–water partition coefficient (Wildman–Crippen LogP) is 6.75. The smallest absolute Gasteiger partial charge is 0.266 e. The summed E-state index contributed by atoms with van der Waals surface area (Å²) in [4.78, 5) is 37.0. The van der Waals surface area contributed by atoms with Crippen molar-refractivity contribution < 1.29 is 14.4 Å². The van der Waals surface area contributed by atoms with E-state index < -0.39 is 0 Å². The number of fused-ring (bicyclic) bond motifs is 2. The highest BCUT2D eigenvalue weighted by molar-refractivity contribution is 6.20. The second-order valence-electron chi connectivity index (χ2n) is 9.39. The highest BCUT2D eigenvalue weighted by atomic mass is 16.7. The zero-order valence-corrected chi connectivity index (χ0v) is 19.4. The molecule has 1 aliphatic carbocycles. The van der Waals surface area contributed by atoms with Crippen LogP contribution in [0.25, 0.3) is 22.2 Å². The molecule has 3 aromatic carbocycles. The molecular weight excluding hydrogens is 436 g/mol. The van der Waals surface area contributed by atoms with Crippen molar-refractivity contribution in [1.82, 2.24) is 10.0 Å². The van der Waals surface area contributed by atoms with Gasteiger partial charge in [0.25, 0.3) is 11.8 Å². The molecule has 2 amide bonds. The number of carbonyl (C=O) groups excluding carboxylic acids is 2. The van der Waals surface area contributed by atoms with Gasteiger partial charge in [0.15, 0.2) is 0 Å². The Balaban J connectivity index is 1.30. The summed E-state index contributed by atoms with van der Waals surface area (Å²) in [5, 5.41) is 2.09. The van der Waals surface area contributed by atoms with Gasteiger partial charge in [0, 0.05) is 10.9 Å². The summed E-state index contributed by atoms with van der Waals surface area (Å²) in [6.45, 7) is 0. The number of hydroxylamine groups is 2. The van der Waals surface area contributed by atoms with Gasteiger partial charge < -0.3 is 0 Å². The molecule has 4 aromatic rings. The average molecular weight is 463 g/mol. The molecule has 6 rings (SSSR count). The molecular formula is C30H26N2O3. The van der Waals surface area contributed by atoms with Crippen LogP contribution in [0.1, 0.15) is 64.5 Å². The van der Waals surface area contributed by atoms with Crippen LogP contribution in [0.3, 0.4) is 0 Å². The number of carbonyl (C=O) groups is 2. The number of aromatic nitrogens is 1. The van der Waals surface area contributed by atoms with E-state index in [2.05, 4.69) is 12.1 Å². The first-order valence-electron chi connectivity index (χ1n) is 12.3. The number of pyridine rings is 1. The Kier molecular flexibility index (Phi) is 5.63. The highest BCUT2D eigenvalue weighted by Crippen LogP contribution is 2.39. The fraction of sp³-hybridized carbons (Fsp3) is 0.233. The lowest BCUT2D eigenvalue weighted by Gasteiger charge is -2.32. The van der Waals surface area contributed by atoms with Crippen molar-refractivity contribution in [3.05, 3.63) is 102 Å². The predicted molar refractivity (Wildman–Crippen MR) is 135 cm³/mol. The zero-order chi connectivity index (χ0) is 23.8. The molecule has 2 aliphatic rings. The third kappa shape index (κ3) is 4.02. The van der Waals surface area contributed by atoms with Gasteiger partial charge in [0.1, 0.15) is 6.10 Å². The normalized spacial score (nSPS) is 17.1. The number of hydrogen-bond acceptors (Lipinski definition) is 4. The zero-order valence-electron chi connectivity index (χ0n) is 19.4. The van der Waals surface area contributed by atoms with Crippen LogP contribution >= 0.6 is 0 Å². The Hall–Kier alpha value is -3.83. The molecule has 0 bridgehead atoms. The van der Waals surface area contributed by atoms with Gasteiger partial charge in [0.05, 0.1) is 22.3 Å². The third-order valence-electron chi connectivity index (χ3n) is 7.19. The lowest BCUT2D eigenvalue weighted by Crippen LogP contribution is -2.34. The van der Waals surface area contributed by atoms with E-state index in [9.17, 15) is 9.59 Å². The number of para-hydroxylation sites is 1. The molecule has 1 aromatic heterocycles. The fourth-order valence-corrected chi connectivity index (χ4v) is 5.30. The lowest BCUT2D eigenvalue weighted by molar-refractivity contribution is -0.156. The quantitative estimate of drug-likeness (QED) is 0.308. The van der Waals surface area contributed by atoms with Crippen LogP contribution in [-0.4, -0.2) is 21.9 Å². The summed E-state index contributed by atoms with van der Waals surface area (Å²) in [6, 6.07) is 27.3. The minimum atomic E-state index is -0.386. The summed E-state index contributed by atoms with van der Waals surface area (Å²) in [6.07, 6.45) is 5.14. The van der Waals surface area contributed by atoms with E-state index in [1.165, 1.54) is 6.42 Å². The van der Waals surface area contributed by atoms with E-state index in [0.29, 0.717) is 11.1 Å². The van der Waals surface area contributed by atoms with Gasteiger partial charge in [-0.15, -0.1) is 5.06 Å². The second-order valence-corrected chi connectivity index (χ2v) is 9.39. The van der Waals surface area contributed by atoms with Gasteiger partial charge in [0.2, 0.25) is 0 Å². The summed E-state index contributed by atoms with van der Waals surface area (Å²) >= 11 is 0. The molecule has 1 saturated carbocycles. The SMILES string of the molecule is O=C1c2ccccc2C(=O)N1OC(c1ccc(-c2ccc3ccccc3n2)cc1)C1CCCCC1. The molecule has 5 heteroatoms. The molecule has 0 spiro atoms. The number of rotatable bonds is 5. The average Bonchev–Trinajstić information content (AvgIpc) is 3.17. The van der Waals surface area contributed by atoms with Gasteiger partial charge >= 0.3 is 0 Å². The standard InChI is InChI=1S/C30H26N2O3/c33-29-24-11-5-6-12-25(24)30(34)32(29)35-28(22-9-2-1-3-10-22)23-16-14-21(15-17-23)27-19-18-20-8-4-7-13-26(20)31-27/h4-8,11-19,22,28H,1-3,9-10H2. The van der Waals surface area contributed by atoms with Gasteiger partial charge in [-0.2, -0.15) is 0 Å². The molecule has 5 nitrogen and oxygen atoms in total. The van der Waals surface area contributed by atoms with Crippen LogP contribution in [0.4, 0.5) is 0 Å². The number of benzene rings is 3. The maximum atomic E-state index is 13.0. The summed E-state index contributed by atoms with van der Waals surface area (Å²) in [5.74, 6) is -0.524. The van der Waals surface area contributed by atoms with Crippen LogP contribution in [0.2, 0.25) is 0 Å². The highest BCUT2D eigenvalue weighted by Gasteiger charge is 2.40. The van der Waals surface area contributed by atoms with Crippen molar-refractivity contribution in [1.29, 1.82) is 0 Å². The number of nitrogens with zero attached hydrogens (tertiary/aromatic N) is 2. The Labute approximate surface area is 204 Å². The fourth-order valence-electron chi connectivity index (χ4n) is 5.30. The molecule has 1 unspecified atom stereocenters. The molecule has 35 heavy (non-hydrogen) atoms. The molecule has 174 valence electrons. The van der Waals surface area contributed by atoms with Crippen molar-refractivity contribution in [2.24, 2.45) is 5.92 Å². The van der Waals surface area contributed by atoms with Crippen molar-refractivity contribution in [3.8, 4) is 11.3 Å². The maximum absolute atomic E-state index is 13.0. The van der Waals surface area contributed by atoms with Gasteiger partial charge in [-0.25, -0.2) is 4.98 Å². The number of amides is 2. The largest absolute Gasteiger partial charge is 0.285 e. The number of hydrogen-bond donors (Lipinski definition) is 0. The first-order valence-corrected chi connectivity index (χ1v) is 12.3. The van der Waals surface area contributed by atoms with Crippen LogP contribution in [0.15, 0.2) is 84.9 Å². The Morgan fingerprint density at radius 2 is 1.40 bits per heavy atom. The number of imide groups is 1. The van der Waals surface area contributed by atoms with Crippen LogP contribution in [-0.2, 0) is 4.84 Å². The van der Waals surface area contributed by atoms with E-state index in [0.717, 1.165) is 58.5 Å².